The normalized spacial score (nSPS) is 12.0. The van der Waals surface area contributed by atoms with Gasteiger partial charge in [-0.1, -0.05) is 35.9 Å². The molecule has 0 heterocycles. The molecule has 160 valence electrons. The molecule has 0 aromatic heterocycles. The summed E-state index contributed by atoms with van der Waals surface area (Å²) in [6.07, 6.45) is 0. The number of aliphatic hydroxyl groups excluding tert-OH is 1. The molecule has 8 heteroatoms. The molecule has 29 heavy (non-hydrogen) atoms. The first-order valence-corrected chi connectivity index (χ1v) is 9.66. The van der Waals surface area contributed by atoms with E-state index in [1.807, 2.05) is 56.3 Å². The highest BCUT2D eigenvalue weighted by molar-refractivity contribution is 14.0. The van der Waals surface area contributed by atoms with Crippen molar-refractivity contribution in [1.29, 1.82) is 0 Å². The van der Waals surface area contributed by atoms with Crippen molar-refractivity contribution < 1.29 is 14.6 Å². The van der Waals surface area contributed by atoms with Gasteiger partial charge in [-0.2, -0.15) is 0 Å². The van der Waals surface area contributed by atoms with Gasteiger partial charge < -0.3 is 25.2 Å². The number of methoxy groups -OCH3 is 1. The maximum absolute atomic E-state index is 8.91. The van der Waals surface area contributed by atoms with E-state index in [0.717, 1.165) is 22.7 Å². The average molecular weight is 534 g/mol. The second kappa shape index (κ2) is 13.5. The van der Waals surface area contributed by atoms with Crippen molar-refractivity contribution in [3.63, 3.8) is 0 Å². The predicted molar refractivity (Wildman–Crippen MR) is 129 cm³/mol. The molecule has 0 spiro atoms. The molecule has 3 N–H and O–H groups in total. The van der Waals surface area contributed by atoms with Crippen LogP contribution in [0.4, 0.5) is 0 Å². The molecular formula is C21H29ClIN3O3. The maximum atomic E-state index is 8.91. The molecule has 2 aromatic carbocycles. The van der Waals surface area contributed by atoms with Crippen LogP contribution in [-0.2, 0) is 6.54 Å². The Morgan fingerprint density at radius 2 is 1.97 bits per heavy atom. The fourth-order valence-electron chi connectivity index (χ4n) is 2.68. The third-order valence-corrected chi connectivity index (χ3v) is 4.41. The summed E-state index contributed by atoms with van der Waals surface area (Å²) in [4.78, 5) is 4.66. The summed E-state index contributed by atoms with van der Waals surface area (Å²) < 4.78 is 10.8. The van der Waals surface area contributed by atoms with Crippen molar-refractivity contribution in [2.24, 2.45) is 4.99 Å². The lowest BCUT2D eigenvalue weighted by Crippen LogP contribution is -2.38. The van der Waals surface area contributed by atoms with Crippen molar-refractivity contribution in [2.75, 3.05) is 26.9 Å². The molecule has 0 bridgehead atoms. The number of halogens is 2. The highest BCUT2D eigenvalue weighted by atomic mass is 127. The van der Waals surface area contributed by atoms with Crippen LogP contribution < -0.4 is 20.1 Å². The largest absolute Gasteiger partial charge is 0.493 e. The minimum Gasteiger partial charge on any atom is -0.493 e. The lowest BCUT2D eigenvalue weighted by atomic mass is 10.1. The third-order valence-electron chi connectivity index (χ3n) is 4.07. The SMILES string of the molecule is CCNC(=NCc1ccc(OCCO)c(OC)c1)NC(C)c1ccccc1Cl.I. The smallest absolute Gasteiger partial charge is 0.192 e. The Kier molecular flexibility index (Phi) is 11.8. The first-order chi connectivity index (χ1) is 13.6. The molecule has 0 aliphatic heterocycles. The molecular weight excluding hydrogens is 505 g/mol. The maximum Gasteiger partial charge on any atom is 0.192 e. The molecule has 0 fully saturated rings. The molecule has 0 aliphatic carbocycles. The summed E-state index contributed by atoms with van der Waals surface area (Å²) >= 11 is 6.30. The standard InChI is InChI=1S/C21H28ClN3O3.HI/c1-4-23-21(25-15(2)17-7-5-6-8-18(17)22)24-14-16-9-10-19(28-12-11-26)20(13-16)27-3;/h5-10,13,15,26H,4,11-12,14H2,1-3H3,(H2,23,24,25);1H. The number of aliphatic imine (C=N–C) groups is 1. The molecule has 2 aromatic rings. The molecule has 0 saturated carbocycles. The van der Waals surface area contributed by atoms with Crippen LogP contribution in [0.1, 0.15) is 31.0 Å². The first-order valence-electron chi connectivity index (χ1n) is 9.28. The summed E-state index contributed by atoms with van der Waals surface area (Å²) in [6.45, 7) is 5.47. The van der Waals surface area contributed by atoms with Gasteiger partial charge in [-0.05, 0) is 43.2 Å². The monoisotopic (exact) mass is 533 g/mol. The van der Waals surface area contributed by atoms with Crippen LogP contribution in [0.5, 0.6) is 11.5 Å². The number of hydrogen-bond donors (Lipinski definition) is 3. The second-order valence-electron chi connectivity index (χ2n) is 6.14. The lowest BCUT2D eigenvalue weighted by Gasteiger charge is -2.19. The van der Waals surface area contributed by atoms with Crippen molar-refractivity contribution >= 4 is 41.5 Å². The van der Waals surface area contributed by atoms with Crippen LogP contribution in [0, 0.1) is 0 Å². The van der Waals surface area contributed by atoms with E-state index < -0.39 is 0 Å². The van der Waals surface area contributed by atoms with Gasteiger partial charge in [0.2, 0.25) is 0 Å². The van der Waals surface area contributed by atoms with Crippen LogP contribution in [0.2, 0.25) is 5.02 Å². The van der Waals surface area contributed by atoms with E-state index in [2.05, 4.69) is 15.6 Å². The van der Waals surface area contributed by atoms with Gasteiger partial charge in [-0.15, -0.1) is 24.0 Å². The molecule has 0 saturated heterocycles. The van der Waals surface area contributed by atoms with Crippen molar-refractivity contribution in [2.45, 2.75) is 26.4 Å². The van der Waals surface area contributed by atoms with Crippen LogP contribution in [-0.4, -0.2) is 37.9 Å². The second-order valence-corrected chi connectivity index (χ2v) is 6.55. The number of hydrogen-bond acceptors (Lipinski definition) is 4. The van der Waals surface area contributed by atoms with Gasteiger partial charge in [0.05, 0.1) is 26.3 Å². The number of aliphatic hydroxyl groups is 1. The third kappa shape index (κ3) is 7.91. The average Bonchev–Trinajstić information content (AvgIpc) is 2.71. The topological polar surface area (TPSA) is 75.1 Å². The fourth-order valence-corrected chi connectivity index (χ4v) is 2.98. The van der Waals surface area contributed by atoms with Crippen LogP contribution in [0.25, 0.3) is 0 Å². The highest BCUT2D eigenvalue weighted by Crippen LogP contribution is 2.28. The highest BCUT2D eigenvalue weighted by Gasteiger charge is 2.11. The van der Waals surface area contributed by atoms with E-state index in [1.54, 1.807) is 7.11 Å². The van der Waals surface area contributed by atoms with Crippen molar-refractivity contribution in [3.05, 3.63) is 58.6 Å². The van der Waals surface area contributed by atoms with Gasteiger partial charge in [0, 0.05) is 11.6 Å². The van der Waals surface area contributed by atoms with Crippen LogP contribution >= 0.6 is 35.6 Å². The summed E-state index contributed by atoms with van der Waals surface area (Å²) in [5, 5.41) is 16.3. The minimum atomic E-state index is -0.0451. The minimum absolute atomic E-state index is 0. The zero-order chi connectivity index (χ0) is 20.4. The lowest BCUT2D eigenvalue weighted by molar-refractivity contribution is 0.196. The number of rotatable bonds is 9. The summed E-state index contributed by atoms with van der Waals surface area (Å²) in [5.41, 5.74) is 2.00. The Morgan fingerprint density at radius 1 is 1.21 bits per heavy atom. The van der Waals surface area contributed by atoms with Gasteiger partial charge in [0.1, 0.15) is 6.61 Å². The Balaban J connectivity index is 0.00000420. The van der Waals surface area contributed by atoms with E-state index in [9.17, 15) is 0 Å². The molecule has 1 atom stereocenters. The molecule has 0 aliphatic rings. The predicted octanol–water partition coefficient (Wildman–Crippen LogP) is 4.15. The van der Waals surface area contributed by atoms with Gasteiger partial charge in [0.25, 0.3) is 0 Å². The fraction of sp³-hybridized carbons (Fsp3) is 0.381. The number of ether oxygens (including phenoxy) is 2. The van der Waals surface area contributed by atoms with Gasteiger partial charge >= 0.3 is 0 Å². The number of nitrogens with one attached hydrogen (secondary N) is 2. The zero-order valence-corrected chi connectivity index (χ0v) is 20.0. The van der Waals surface area contributed by atoms with Crippen LogP contribution in [0.15, 0.2) is 47.5 Å². The Morgan fingerprint density at radius 3 is 2.62 bits per heavy atom. The Hall–Kier alpha value is -1.71. The number of nitrogens with zero attached hydrogens (tertiary/aromatic N) is 1. The Labute approximate surface area is 194 Å². The molecule has 2 rings (SSSR count). The number of guanidine groups is 1. The number of benzene rings is 2. The van der Waals surface area contributed by atoms with Crippen molar-refractivity contribution in [3.8, 4) is 11.5 Å². The quantitative estimate of drug-likeness (QED) is 0.257. The van der Waals surface area contributed by atoms with E-state index in [-0.39, 0.29) is 43.2 Å². The summed E-state index contributed by atoms with van der Waals surface area (Å²) in [7, 11) is 1.59. The first kappa shape index (κ1) is 25.3. The summed E-state index contributed by atoms with van der Waals surface area (Å²) in [6, 6.07) is 13.4. The molecule has 6 nitrogen and oxygen atoms in total. The molecule has 0 amide bonds. The van der Waals surface area contributed by atoms with Crippen molar-refractivity contribution in [1.82, 2.24) is 10.6 Å². The van der Waals surface area contributed by atoms with Crippen LogP contribution in [0.3, 0.4) is 0 Å². The Bertz CT molecular complexity index is 790. The van der Waals surface area contributed by atoms with E-state index in [0.29, 0.717) is 24.0 Å². The van der Waals surface area contributed by atoms with Gasteiger partial charge in [0.15, 0.2) is 17.5 Å². The van der Waals surface area contributed by atoms with Gasteiger partial charge in [-0.3, -0.25) is 0 Å². The summed E-state index contributed by atoms with van der Waals surface area (Å²) in [5.74, 6) is 1.92. The zero-order valence-electron chi connectivity index (χ0n) is 16.9. The van der Waals surface area contributed by atoms with Gasteiger partial charge in [-0.25, -0.2) is 4.99 Å². The molecule has 1 unspecified atom stereocenters. The molecule has 0 radical (unpaired) electrons. The van der Waals surface area contributed by atoms with E-state index in [4.69, 9.17) is 26.2 Å². The van der Waals surface area contributed by atoms with E-state index >= 15 is 0 Å². The van der Waals surface area contributed by atoms with E-state index in [1.165, 1.54) is 0 Å².